The maximum atomic E-state index is 12.0. The van der Waals surface area contributed by atoms with E-state index >= 15 is 0 Å². The van der Waals surface area contributed by atoms with Crippen LogP contribution in [0.5, 0.6) is 0 Å². The van der Waals surface area contributed by atoms with Crippen LogP contribution in [0.25, 0.3) is 0 Å². The summed E-state index contributed by atoms with van der Waals surface area (Å²) >= 11 is 1.03. The predicted molar refractivity (Wildman–Crippen MR) is 75.8 cm³/mol. The highest BCUT2D eigenvalue weighted by atomic mass is 32.2. The molecule has 0 aliphatic carbocycles. The van der Waals surface area contributed by atoms with Gasteiger partial charge in [0.2, 0.25) is 5.91 Å². The molecule has 0 saturated heterocycles. The average molecular weight is 315 g/mol. The van der Waals surface area contributed by atoms with Gasteiger partial charge in [-0.05, 0) is 6.07 Å². The number of carbonyl (C=O) groups excluding carboxylic acids is 1. The Morgan fingerprint density at radius 1 is 1.55 bits per heavy atom. The fourth-order valence-corrected chi connectivity index (χ4v) is 3.51. The number of carbonyl (C=O) groups is 1. The van der Waals surface area contributed by atoms with E-state index in [1.807, 2.05) is 0 Å². The third-order valence-electron chi connectivity index (χ3n) is 2.33. The summed E-state index contributed by atoms with van der Waals surface area (Å²) < 4.78 is 27.9. The molecule has 0 atom stereocenters. The van der Waals surface area contributed by atoms with Crippen LogP contribution in [-0.4, -0.2) is 31.2 Å². The molecule has 8 nitrogen and oxygen atoms in total. The first-order chi connectivity index (χ1) is 9.40. The first kappa shape index (κ1) is 14.3. The lowest BCUT2D eigenvalue weighted by Crippen LogP contribution is -2.23. The zero-order valence-electron chi connectivity index (χ0n) is 10.5. The Labute approximate surface area is 119 Å². The van der Waals surface area contributed by atoms with Gasteiger partial charge in [0.25, 0.3) is 10.0 Å². The largest absolute Gasteiger partial charge is 0.398 e. The highest BCUT2D eigenvalue weighted by Gasteiger charge is 2.17. The minimum atomic E-state index is -3.68. The summed E-state index contributed by atoms with van der Waals surface area (Å²) in [5.74, 6) is -0.228. The third-order valence-corrected chi connectivity index (χ3v) is 5.17. The zero-order chi connectivity index (χ0) is 14.8. The highest BCUT2D eigenvalue weighted by Crippen LogP contribution is 2.23. The first-order valence-electron chi connectivity index (χ1n) is 5.50. The molecule has 0 spiro atoms. The van der Waals surface area contributed by atoms with Gasteiger partial charge >= 0.3 is 0 Å². The summed E-state index contributed by atoms with van der Waals surface area (Å²) in [5, 5.41) is 7.89. The van der Waals surface area contributed by atoms with Crippen LogP contribution in [0.2, 0.25) is 0 Å². The van der Waals surface area contributed by atoms with Crippen LogP contribution in [0.1, 0.15) is 0 Å². The first-order valence-corrected chi connectivity index (χ1v) is 7.87. The molecule has 0 saturated carbocycles. The minimum Gasteiger partial charge on any atom is -0.398 e. The van der Waals surface area contributed by atoms with Crippen molar-refractivity contribution < 1.29 is 13.2 Å². The van der Waals surface area contributed by atoms with Crippen molar-refractivity contribution in [3.63, 3.8) is 0 Å². The van der Waals surface area contributed by atoms with Crippen molar-refractivity contribution in [2.75, 3.05) is 17.5 Å². The maximum Gasteiger partial charge on any atom is 0.271 e. The summed E-state index contributed by atoms with van der Waals surface area (Å²) in [6.07, 6.45) is 2.77. The fourth-order valence-electron chi connectivity index (χ4n) is 1.41. The van der Waals surface area contributed by atoms with E-state index < -0.39 is 10.0 Å². The quantitative estimate of drug-likeness (QED) is 0.721. The lowest BCUT2D eigenvalue weighted by molar-refractivity contribution is -0.121. The Hall–Kier alpha value is -2.07. The number of nitrogen functional groups attached to an aromatic ring is 1. The Morgan fingerprint density at radius 3 is 2.90 bits per heavy atom. The Morgan fingerprint density at radius 2 is 2.30 bits per heavy atom. The molecular weight excluding hydrogens is 302 g/mol. The lowest BCUT2D eigenvalue weighted by Gasteiger charge is -2.02. The van der Waals surface area contributed by atoms with Crippen LogP contribution < -0.4 is 15.8 Å². The number of nitrogens with one attached hydrogen (secondary N) is 2. The van der Waals surface area contributed by atoms with Crippen LogP contribution >= 0.6 is 11.3 Å². The minimum absolute atomic E-state index is 0.0180. The molecule has 0 aliphatic heterocycles. The van der Waals surface area contributed by atoms with E-state index in [1.54, 1.807) is 5.38 Å². The van der Waals surface area contributed by atoms with E-state index in [9.17, 15) is 13.2 Å². The van der Waals surface area contributed by atoms with Crippen LogP contribution in [0.15, 0.2) is 28.0 Å². The molecule has 1 amide bonds. The van der Waals surface area contributed by atoms with Gasteiger partial charge in [0.15, 0.2) is 0 Å². The molecule has 0 aromatic carbocycles. The van der Waals surface area contributed by atoms with Gasteiger partial charge in [-0.25, -0.2) is 8.42 Å². The normalized spacial score (nSPS) is 11.2. The average Bonchev–Trinajstić information content (AvgIpc) is 2.98. The second-order valence-electron chi connectivity index (χ2n) is 3.90. The molecule has 10 heteroatoms. The molecule has 0 fully saturated rings. The summed E-state index contributed by atoms with van der Waals surface area (Å²) in [6, 6.07) is 1.38. The number of hydrogen-bond donors (Lipinski definition) is 3. The van der Waals surface area contributed by atoms with E-state index in [1.165, 1.54) is 30.2 Å². The Balaban J connectivity index is 2.12. The molecule has 4 N–H and O–H groups in total. The van der Waals surface area contributed by atoms with Gasteiger partial charge in [-0.2, -0.15) is 5.10 Å². The topological polar surface area (TPSA) is 119 Å². The molecule has 0 radical (unpaired) electrons. The van der Waals surface area contributed by atoms with Gasteiger partial charge in [-0.1, -0.05) is 0 Å². The molecule has 2 rings (SSSR count). The van der Waals surface area contributed by atoms with Crippen LogP contribution in [-0.2, 0) is 21.4 Å². The lowest BCUT2D eigenvalue weighted by atomic mass is 10.6. The number of aromatic nitrogens is 2. The third kappa shape index (κ3) is 3.27. The Kier molecular flexibility index (Phi) is 3.95. The molecule has 0 aliphatic rings. The fraction of sp³-hybridized carbons (Fsp3) is 0.200. The monoisotopic (exact) mass is 315 g/mol. The van der Waals surface area contributed by atoms with Crippen molar-refractivity contribution in [1.29, 1.82) is 0 Å². The number of anilines is 2. The van der Waals surface area contributed by atoms with Gasteiger partial charge in [-0.15, -0.1) is 11.3 Å². The highest BCUT2D eigenvalue weighted by molar-refractivity contribution is 7.94. The number of thiophene rings is 1. The van der Waals surface area contributed by atoms with Crippen molar-refractivity contribution >= 4 is 38.6 Å². The number of nitrogens with zero attached hydrogens (tertiary/aromatic N) is 2. The van der Waals surface area contributed by atoms with E-state index in [2.05, 4.69) is 15.1 Å². The van der Waals surface area contributed by atoms with Gasteiger partial charge in [0, 0.05) is 24.3 Å². The van der Waals surface area contributed by atoms with Crippen molar-refractivity contribution in [2.24, 2.45) is 0 Å². The Bertz CT molecular complexity index is 719. The smallest absolute Gasteiger partial charge is 0.271 e. The van der Waals surface area contributed by atoms with Crippen LogP contribution in [0.4, 0.5) is 11.4 Å². The maximum absolute atomic E-state index is 12.0. The van der Waals surface area contributed by atoms with Crippen LogP contribution in [0, 0.1) is 0 Å². The predicted octanol–water partition coefficient (Wildman–Crippen LogP) is 0.0736. The number of nitrogens with two attached hydrogens (primary N) is 1. The molecule has 2 aromatic rings. The van der Waals surface area contributed by atoms with Gasteiger partial charge < -0.3 is 11.1 Å². The molecule has 0 unspecified atom stereocenters. The van der Waals surface area contributed by atoms with Crippen molar-refractivity contribution in [2.45, 2.75) is 10.8 Å². The van der Waals surface area contributed by atoms with E-state index in [0.717, 1.165) is 11.3 Å². The number of rotatable bonds is 5. The number of sulfonamides is 1. The molecule has 108 valence electrons. The van der Waals surface area contributed by atoms with E-state index in [0.29, 0.717) is 5.69 Å². The second-order valence-corrected chi connectivity index (χ2v) is 6.72. The van der Waals surface area contributed by atoms with E-state index in [-0.39, 0.29) is 22.3 Å². The number of amides is 1. The van der Waals surface area contributed by atoms with E-state index in [4.69, 9.17) is 5.73 Å². The SMILES string of the molecule is CNC(=O)Cn1cc(NS(=O)(=O)c2cc(N)cs2)cn1. The number of likely N-dealkylation sites (N-methyl/N-ethyl adjacent to an activating group) is 1. The molecule has 20 heavy (non-hydrogen) atoms. The van der Waals surface area contributed by atoms with Gasteiger partial charge in [0.05, 0.1) is 11.9 Å². The standard InChI is InChI=1S/C10H13N5O3S2/c1-12-9(16)5-15-4-8(3-13-15)14-20(17,18)10-2-7(11)6-19-10/h2-4,6,14H,5,11H2,1H3,(H,12,16). The van der Waals surface area contributed by atoms with Gasteiger partial charge in [-0.3, -0.25) is 14.2 Å². The summed E-state index contributed by atoms with van der Waals surface area (Å²) in [5.41, 5.74) is 6.17. The van der Waals surface area contributed by atoms with Crippen LogP contribution in [0.3, 0.4) is 0 Å². The molecule has 2 aromatic heterocycles. The summed E-state index contributed by atoms with van der Waals surface area (Å²) in [7, 11) is -2.17. The summed E-state index contributed by atoms with van der Waals surface area (Å²) in [6.45, 7) is 0.0180. The van der Waals surface area contributed by atoms with Crippen molar-refractivity contribution in [3.8, 4) is 0 Å². The molecule has 0 bridgehead atoms. The zero-order valence-corrected chi connectivity index (χ0v) is 12.2. The molecule has 2 heterocycles. The van der Waals surface area contributed by atoms with Crippen molar-refractivity contribution in [1.82, 2.24) is 15.1 Å². The van der Waals surface area contributed by atoms with Crippen molar-refractivity contribution in [3.05, 3.63) is 23.8 Å². The summed E-state index contributed by atoms with van der Waals surface area (Å²) in [4.78, 5) is 11.2. The number of hydrogen-bond acceptors (Lipinski definition) is 6. The van der Waals surface area contributed by atoms with Gasteiger partial charge in [0.1, 0.15) is 10.8 Å². The molecular formula is C10H13N5O3S2. The second kappa shape index (κ2) is 5.51.